The molecule has 1 aromatic rings. The highest BCUT2D eigenvalue weighted by Crippen LogP contribution is 2.43. The molecule has 1 saturated heterocycles. The minimum atomic E-state index is -0.889. The van der Waals surface area contributed by atoms with Gasteiger partial charge in [-0.3, -0.25) is 4.79 Å². The summed E-state index contributed by atoms with van der Waals surface area (Å²) in [5.74, 6) is -0.736. The van der Waals surface area contributed by atoms with E-state index in [0.717, 1.165) is 19.3 Å². The van der Waals surface area contributed by atoms with Crippen LogP contribution in [0.1, 0.15) is 55.3 Å². The lowest BCUT2D eigenvalue weighted by Gasteiger charge is -2.39. The third-order valence-corrected chi connectivity index (χ3v) is 4.91. The molecular weight excluding hydrogens is 282 g/mol. The number of hydrogen-bond acceptors (Lipinski definition) is 4. The van der Waals surface area contributed by atoms with Crippen LogP contribution in [0.25, 0.3) is 0 Å². The average Bonchev–Trinajstić information content (AvgIpc) is 2.93. The fourth-order valence-electron chi connectivity index (χ4n) is 4.05. The van der Waals surface area contributed by atoms with Crippen molar-refractivity contribution in [2.45, 2.75) is 63.4 Å². The van der Waals surface area contributed by atoms with Gasteiger partial charge in [-0.05, 0) is 39.2 Å². The van der Waals surface area contributed by atoms with Crippen molar-refractivity contribution in [1.29, 1.82) is 0 Å². The number of ether oxygens (including phenoxy) is 2. The molecule has 2 fully saturated rings. The summed E-state index contributed by atoms with van der Waals surface area (Å²) in [6.07, 6.45) is 1.68. The minimum absolute atomic E-state index is 0.00235. The Labute approximate surface area is 129 Å². The van der Waals surface area contributed by atoms with Gasteiger partial charge in [0.2, 0.25) is 0 Å². The van der Waals surface area contributed by atoms with Crippen molar-refractivity contribution in [3.8, 4) is 0 Å². The van der Waals surface area contributed by atoms with Crippen LogP contribution in [0, 0.1) is 0 Å². The van der Waals surface area contributed by atoms with Crippen LogP contribution in [0.4, 0.5) is 0 Å². The SMILES string of the molecule is CC1(C)OC2CCCC(N3C(=O)c4ccccc4C3O)C2O1. The summed E-state index contributed by atoms with van der Waals surface area (Å²) in [7, 11) is 0. The highest BCUT2D eigenvalue weighted by Gasteiger charge is 2.52. The highest BCUT2D eigenvalue weighted by atomic mass is 16.8. The van der Waals surface area contributed by atoms with Crippen molar-refractivity contribution in [3.63, 3.8) is 0 Å². The smallest absolute Gasteiger partial charge is 0.256 e. The first kappa shape index (κ1) is 14.2. The molecule has 4 atom stereocenters. The quantitative estimate of drug-likeness (QED) is 0.864. The fraction of sp³-hybridized carbons (Fsp3) is 0.588. The molecule has 0 aromatic heterocycles. The van der Waals surface area contributed by atoms with Gasteiger partial charge in [-0.1, -0.05) is 18.2 Å². The van der Waals surface area contributed by atoms with Crippen LogP contribution in [0.3, 0.4) is 0 Å². The Kier molecular flexibility index (Phi) is 3.08. The van der Waals surface area contributed by atoms with Crippen LogP contribution >= 0.6 is 0 Å². The number of fused-ring (bicyclic) bond motifs is 2. The molecule has 4 rings (SSSR count). The van der Waals surface area contributed by atoms with Crippen LogP contribution in [0.15, 0.2) is 24.3 Å². The lowest BCUT2D eigenvalue weighted by atomic mass is 9.89. The molecule has 3 aliphatic rings. The second-order valence-electron chi connectivity index (χ2n) is 6.81. The molecule has 1 N–H and O–H groups in total. The Hall–Kier alpha value is -1.43. The van der Waals surface area contributed by atoms with Crippen molar-refractivity contribution in [3.05, 3.63) is 35.4 Å². The van der Waals surface area contributed by atoms with E-state index >= 15 is 0 Å². The summed E-state index contributed by atoms with van der Waals surface area (Å²) >= 11 is 0. The Morgan fingerprint density at radius 3 is 2.77 bits per heavy atom. The van der Waals surface area contributed by atoms with E-state index in [1.165, 1.54) is 0 Å². The molecule has 0 radical (unpaired) electrons. The first-order valence-corrected chi connectivity index (χ1v) is 7.93. The van der Waals surface area contributed by atoms with Crippen LogP contribution in [-0.4, -0.2) is 40.0 Å². The molecule has 2 aliphatic heterocycles. The monoisotopic (exact) mass is 303 g/mol. The lowest BCUT2D eigenvalue weighted by Crippen LogP contribution is -2.51. The largest absolute Gasteiger partial charge is 0.369 e. The summed E-state index contributed by atoms with van der Waals surface area (Å²) in [6, 6.07) is 7.12. The Bertz CT molecular complexity index is 614. The number of amides is 1. The maximum Gasteiger partial charge on any atom is 0.256 e. The van der Waals surface area contributed by atoms with E-state index in [1.54, 1.807) is 11.0 Å². The van der Waals surface area contributed by atoms with Crippen LogP contribution in [-0.2, 0) is 9.47 Å². The summed E-state index contributed by atoms with van der Waals surface area (Å²) in [5, 5.41) is 10.6. The number of nitrogens with zero attached hydrogens (tertiary/aromatic N) is 1. The third-order valence-electron chi connectivity index (χ3n) is 4.91. The lowest BCUT2D eigenvalue weighted by molar-refractivity contribution is -0.152. The molecule has 0 bridgehead atoms. The molecule has 1 aromatic carbocycles. The predicted molar refractivity (Wildman–Crippen MR) is 79.0 cm³/mol. The van der Waals surface area contributed by atoms with Crippen LogP contribution in [0.5, 0.6) is 0 Å². The Morgan fingerprint density at radius 1 is 1.23 bits per heavy atom. The van der Waals surface area contributed by atoms with Gasteiger partial charge in [0.25, 0.3) is 5.91 Å². The van der Waals surface area contributed by atoms with Crippen molar-refractivity contribution in [1.82, 2.24) is 4.90 Å². The topological polar surface area (TPSA) is 59.0 Å². The summed E-state index contributed by atoms with van der Waals surface area (Å²) in [4.78, 5) is 14.3. The average molecular weight is 303 g/mol. The zero-order chi connectivity index (χ0) is 15.5. The first-order chi connectivity index (χ1) is 10.5. The van der Waals surface area contributed by atoms with Crippen molar-refractivity contribution in [2.24, 2.45) is 0 Å². The van der Waals surface area contributed by atoms with Gasteiger partial charge < -0.3 is 19.5 Å². The molecule has 0 spiro atoms. The van der Waals surface area contributed by atoms with E-state index in [-0.39, 0.29) is 24.2 Å². The molecule has 4 unspecified atom stereocenters. The van der Waals surface area contributed by atoms with Crippen LogP contribution < -0.4 is 0 Å². The second-order valence-corrected chi connectivity index (χ2v) is 6.81. The fourth-order valence-corrected chi connectivity index (χ4v) is 4.05. The van der Waals surface area contributed by atoms with E-state index in [9.17, 15) is 9.90 Å². The van der Waals surface area contributed by atoms with Crippen molar-refractivity contribution < 1.29 is 19.4 Å². The van der Waals surface area contributed by atoms with Gasteiger partial charge in [0.05, 0.1) is 12.1 Å². The third kappa shape index (κ3) is 2.00. The Morgan fingerprint density at radius 2 is 2.00 bits per heavy atom. The maximum absolute atomic E-state index is 12.7. The normalized spacial score (nSPS) is 36.3. The number of carbonyl (C=O) groups excluding carboxylic acids is 1. The van der Waals surface area contributed by atoms with Gasteiger partial charge in [0.15, 0.2) is 12.0 Å². The molecule has 5 nitrogen and oxygen atoms in total. The zero-order valence-electron chi connectivity index (χ0n) is 12.9. The van der Waals surface area contributed by atoms with Gasteiger partial charge in [0.1, 0.15) is 6.10 Å². The summed E-state index contributed by atoms with van der Waals surface area (Å²) < 4.78 is 12.0. The van der Waals surface area contributed by atoms with Gasteiger partial charge in [-0.2, -0.15) is 0 Å². The number of aliphatic hydroxyl groups excluding tert-OH is 1. The van der Waals surface area contributed by atoms with Crippen LogP contribution in [0.2, 0.25) is 0 Å². The second kappa shape index (κ2) is 4.78. The summed E-state index contributed by atoms with van der Waals surface area (Å²) in [5.41, 5.74) is 1.28. The number of carbonyl (C=O) groups is 1. The molecule has 1 amide bonds. The minimum Gasteiger partial charge on any atom is -0.369 e. The molecule has 118 valence electrons. The van der Waals surface area contributed by atoms with E-state index in [1.807, 2.05) is 32.0 Å². The highest BCUT2D eigenvalue weighted by molar-refractivity contribution is 5.99. The van der Waals surface area contributed by atoms with Gasteiger partial charge in [-0.25, -0.2) is 0 Å². The van der Waals surface area contributed by atoms with Crippen molar-refractivity contribution in [2.75, 3.05) is 0 Å². The Balaban J connectivity index is 1.66. The maximum atomic E-state index is 12.7. The molecule has 22 heavy (non-hydrogen) atoms. The summed E-state index contributed by atoms with van der Waals surface area (Å²) in [6.45, 7) is 3.80. The van der Waals surface area contributed by atoms with E-state index in [2.05, 4.69) is 0 Å². The predicted octanol–water partition coefficient (Wildman–Crippen LogP) is 2.21. The van der Waals surface area contributed by atoms with Crippen molar-refractivity contribution >= 4 is 5.91 Å². The molecular formula is C17H21NO4. The molecule has 5 heteroatoms. The molecule has 1 aliphatic carbocycles. The van der Waals surface area contributed by atoms with Gasteiger partial charge >= 0.3 is 0 Å². The number of hydrogen-bond donors (Lipinski definition) is 1. The van der Waals surface area contributed by atoms with E-state index in [4.69, 9.17) is 9.47 Å². The van der Waals surface area contributed by atoms with Gasteiger partial charge in [-0.15, -0.1) is 0 Å². The number of benzene rings is 1. The molecule has 2 heterocycles. The standard InChI is InChI=1S/C17H21NO4/c1-17(2)21-13-9-5-8-12(14(13)22-17)18-15(19)10-6-3-4-7-11(10)16(18)20/h3-4,6-7,12-15,19H,5,8-9H2,1-2H3. The van der Waals surface area contributed by atoms with E-state index < -0.39 is 12.0 Å². The first-order valence-electron chi connectivity index (χ1n) is 7.93. The zero-order valence-corrected chi connectivity index (χ0v) is 12.9. The number of rotatable bonds is 1. The van der Waals surface area contributed by atoms with E-state index in [0.29, 0.717) is 11.1 Å². The molecule has 1 saturated carbocycles. The number of aliphatic hydroxyl groups is 1. The van der Waals surface area contributed by atoms with Gasteiger partial charge in [0, 0.05) is 11.1 Å².